The van der Waals surface area contributed by atoms with Crippen LogP contribution in [0, 0.1) is 5.92 Å². The second kappa shape index (κ2) is 10.3. The molecule has 31 heavy (non-hydrogen) atoms. The molecule has 1 saturated heterocycles. The number of rotatable bonds is 5. The highest BCUT2D eigenvalue weighted by atomic mass is 32.1. The Balaban J connectivity index is 0.000000339. The Bertz CT molecular complexity index is 842. The highest BCUT2D eigenvalue weighted by Gasteiger charge is 2.42. The van der Waals surface area contributed by atoms with Gasteiger partial charge in [-0.25, -0.2) is 4.79 Å². The number of amides is 1. The molecule has 2 N–H and O–H groups in total. The van der Waals surface area contributed by atoms with Crippen LogP contribution in [0.25, 0.3) is 0 Å². The first-order chi connectivity index (χ1) is 14.8. The summed E-state index contributed by atoms with van der Waals surface area (Å²) in [5.41, 5.74) is 0. The Hall–Kier alpha value is -2.37. The van der Waals surface area contributed by atoms with Crippen LogP contribution in [0.15, 0.2) is 40.3 Å². The van der Waals surface area contributed by atoms with E-state index >= 15 is 0 Å². The highest BCUT2D eigenvalue weighted by molar-refractivity contribution is 7.09. The Labute approximate surface area is 180 Å². The quantitative estimate of drug-likeness (QED) is 0.711. The lowest BCUT2D eigenvalue weighted by atomic mass is 10.0. The summed E-state index contributed by atoms with van der Waals surface area (Å²) in [6.07, 6.45) is -1.12. The summed E-state index contributed by atoms with van der Waals surface area (Å²) in [7, 11) is 0. The molecule has 1 aliphatic carbocycles. The Morgan fingerprint density at radius 2 is 2.03 bits per heavy atom. The average Bonchev–Trinajstić information content (AvgIpc) is 3.48. The molecule has 3 atom stereocenters. The molecule has 1 unspecified atom stereocenters. The first-order valence-corrected chi connectivity index (χ1v) is 10.6. The summed E-state index contributed by atoms with van der Waals surface area (Å²) in [4.78, 5) is 24.9. The molecule has 2 aliphatic rings. The van der Waals surface area contributed by atoms with Crippen molar-refractivity contribution in [2.75, 3.05) is 19.7 Å². The first-order valence-electron chi connectivity index (χ1n) is 9.75. The third-order valence-corrected chi connectivity index (χ3v) is 6.15. The van der Waals surface area contributed by atoms with E-state index in [1.54, 1.807) is 12.1 Å². The maximum Gasteiger partial charge on any atom is 0.490 e. The number of carbonyl (C=O) groups is 2. The number of carboxylic acid groups (broad SMARTS) is 1. The molecule has 4 rings (SSSR count). The van der Waals surface area contributed by atoms with E-state index in [0.29, 0.717) is 24.3 Å². The predicted octanol–water partition coefficient (Wildman–Crippen LogP) is 3.38. The zero-order valence-corrected chi connectivity index (χ0v) is 17.3. The average molecular weight is 460 g/mol. The van der Waals surface area contributed by atoms with Crippen molar-refractivity contribution in [2.24, 2.45) is 5.92 Å². The van der Waals surface area contributed by atoms with Gasteiger partial charge in [-0.3, -0.25) is 9.69 Å². The topological polar surface area (TPSA) is 92.0 Å². The summed E-state index contributed by atoms with van der Waals surface area (Å²) < 4.78 is 43.0. The van der Waals surface area contributed by atoms with Gasteiger partial charge in [0.15, 0.2) is 5.76 Å². The fraction of sp³-hybridized carbons (Fsp3) is 0.500. The summed E-state index contributed by atoms with van der Waals surface area (Å²) in [6, 6.07) is 8.19. The molecule has 0 spiro atoms. The van der Waals surface area contributed by atoms with E-state index in [-0.39, 0.29) is 12.0 Å². The van der Waals surface area contributed by atoms with E-state index in [2.05, 4.69) is 27.7 Å². The van der Waals surface area contributed by atoms with Gasteiger partial charge in [0.2, 0.25) is 0 Å². The predicted molar refractivity (Wildman–Crippen MR) is 106 cm³/mol. The molecule has 2 aromatic heterocycles. The number of alkyl halides is 3. The van der Waals surface area contributed by atoms with Crippen LogP contribution in [0.3, 0.4) is 0 Å². The number of nitrogens with zero attached hydrogens (tertiary/aromatic N) is 1. The number of halogens is 3. The minimum atomic E-state index is -5.08. The van der Waals surface area contributed by atoms with Crippen molar-refractivity contribution >= 4 is 23.2 Å². The second-order valence-electron chi connectivity index (χ2n) is 7.28. The van der Waals surface area contributed by atoms with Crippen LogP contribution in [0.5, 0.6) is 0 Å². The van der Waals surface area contributed by atoms with Gasteiger partial charge < -0.3 is 19.6 Å². The molecule has 1 aliphatic heterocycles. The number of nitrogens with one attached hydrogen (secondary N) is 1. The van der Waals surface area contributed by atoms with Crippen molar-refractivity contribution in [3.8, 4) is 0 Å². The summed E-state index contributed by atoms with van der Waals surface area (Å²) in [6.45, 7) is 3.42. The zero-order valence-electron chi connectivity index (χ0n) is 16.5. The lowest BCUT2D eigenvalue weighted by molar-refractivity contribution is -0.192. The molecule has 0 aromatic carbocycles. The highest BCUT2D eigenvalue weighted by Crippen LogP contribution is 2.35. The van der Waals surface area contributed by atoms with Crippen molar-refractivity contribution in [2.45, 2.75) is 37.7 Å². The number of thiophene rings is 1. The van der Waals surface area contributed by atoms with Crippen LogP contribution in [0.4, 0.5) is 13.2 Å². The smallest absolute Gasteiger partial charge is 0.475 e. The second-order valence-corrected chi connectivity index (χ2v) is 8.31. The van der Waals surface area contributed by atoms with Gasteiger partial charge >= 0.3 is 12.1 Å². The third-order valence-electron chi connectivity index (χ3n) is 5.29. The molecule has 7 nitrogen and oxygen atoms in total. The van der Waals surface area contributed by atoms with E-state index < -0.39 is 12.1 Å². The van der Waals surface area contributed by atoms with Gasteiger partial charge in [-0.1, -0.05) is 6.07 Å². The number of furan rings is 1. The van der Waals surface area contributed by atoms with E-state index in [1.807, 2.05) is 11.3 Å². The molecule has 0 radical (unpaired) electrons. The van der Waals surface area contributed by atoms with Crippen LogP contribution in [-0.4, -0.2) is 59.9 Å². The van der Waals surface area contributed by atoms with Gasteiger partial charge in [0.1, 0.15) is 0 Å². The molecule has 2 aromatic rings. The van der Waals surface area contributed by atoms with Crippen molar-refractivity contribution in [3.63, 3.8) is 0 Å². The van der Waals surface area contributed by atoms with Gasteiger partial charge in [0, 0.05) is 36.5 Å². The van der Waals surface area contributed by atoms with Gasteiger partial charge in [0.05, 0.1) is 19.0 Å². The van der Waals surface area contributed by atoms with Crippen LogP contribution >= 0.6 is 11.3 Å². The Morgan fingerprint density at radius 1 is 1.26 bits per heavy atom. The fourth-order valence-electron chi connectivity index (χ4n) is 3.87. The lowest BCUT2D eigenvalue weighted by Gasteiger charge is -2.39. The molecular weight excluding hydrogens is 437 g/mol. The first kappa shape index (κ1) is 23.3. The number of carboxylic acids is 1. The number of aliphatic carboxylic acids is 1. The van der Waals surface area contributed by atoms with E-state index in [9.17, 15) is 18.0 Å². The maximum atomic E-state index is 12.0. The minimum absolute atomic E-state index is 0.144. The number of ether oxygens (including phenoxy) is 1. The SMILES string of the molecule is O=C(NCC1CC[C@@H]2[C@@H]1OCCN2Cc1cccs1)c1ccco1.O=C(O)C(F)(F)F. The molecular formula is C20H23F3N2O5S. The Kier molecular flexibility index (Phi) is 7.74. The normalized spacial score (nSPS) is 23.5. The van der Waals surface area contributed by atoms with E-state index in [1.165, 1.54) is 11.1 Å². The van der Waals surface area contributed by atoms with Crippen molar-refractivity contribution in [3.05, 3.63) is 46.5 Å². The zero-order chi connectivity index (χ0) is 22.4. The van der Waals surface area contributed by atoms with Gasteiger partial charge in [0.25, 0.3) is 5.91 Å². The van der Waals surface area contributed by atoms with E-state index in [0.717, 1.165) is 32.5 Å². The van der Waals surface area contributed by atoms with Crippen molar-refractivity contribution < 1.29 is 37.0 Å². The standard InChI is InChI=1S/C18H22N2O3S.C2HF3O2/c21-18(16-4-1-8-22-16)19-11-13-5-6-15-17(13)23-9-7-20(15)12-14-3-2-10-24-14;3-2(4,5)1(6)7/h1-4,8,10,13,15,17H,5-7,9,11-12H2,(H,19,21);(H,6,7)/t13?,15-,17-;/m1./s1. The molecule has 3 heterocycles. The molecule has 1 saturated carbocycles. The maximum absolute atomic E-state index is 12.0. The number of fused-ring (bicyclic) bond motifs is 1. The molecule has 170 valence electrons. The van der Waals surface area contributed by atoms with Gasteiger partial charge in [-0.2, -0.15) is 13.2 Å². The van der Waals surface area contributed by atoms with Gasteiger partial charge in [-0.15, -0.1) is 11.3 Å². The molecule has 11 heteroatoms. The third kappa shape index (κ3) is 6.31. The van der Waals surface area contributed by atoms with Crippen LogP contribution < -0.4 is 5.32 Å². The lowest BCUT2D eigenvalue weighted by Crippen LogP contribution is -2.50. The van der Waals surface area contributed by atoms with Crippen LogP contribution in [0.2, 0.25) is 0 Å². The minimum Gasteiger partial charge on any atom is -0.475 e. The van der Waals surface area contributed by atoms with Crippen LogP contribution in [-0.2, 0) is 16.1 Å². The largest absolute Gasteiger partial charge is 0.490 e. The summed E-state index contributed by atoms with van der Waals surface area (Å²) in [5.74, 6) is -2.16. The van der Waals surface area contributed by atoms with Gasteiger partial charge in [-0.05, 0) is 36.4 Å². The summed E-state index contributed by atoms with van der Waals surface area (Å²) in [5, 5.41) is 12.3. The summed E-state index contributed by atoms with van der Waals surface area (Å²) >= 11 is 1.81. The molecule has 0 bridgehead atoms. The fourth-order valence-corrected chi connectivity index (χ4v) is 4.60. The monoisotopic (exact) mass is 460 g/mol. The number of carbonyl (C=O) groups excluding carboxylic acids is 1. The van der Waals surface area contributed by atoms with E-state index in [4.69, 9.17) is 19.1 Å². The molecule has 1 amide bonds. The number of morpholine rings is 1. The molecule has 2 fully saturated rings. The van der Waals surface area contributed by atoms with Crippen LogP contribution in [0.1, 0.15) is 28.3 Å². The van der Waals surface area contributed by atoms with Crippen molar-refractivity contribution in [1.82, 2.24) is 10.2 Å². The number of hydrogen-bond acceptors (Lipinski definition) is 6. The number of hydrogen-bond donors (Lipinski definition) is 2. The van der Waals surface area contributed by atoms with Crippen molar-refractivity contribution in [1.29, 1.82) is 0 Å². The Morgan fingerprint density at radius 3 is 2.65 bits per heavy atom.